The number of nitrogens with one attached hydrogen (secondary N) is 1. The van der Waals surface area contributed by atoms with Gasteiger partial charge in [0.1, 0.15) is 6.04 Å². The number of aliphatic carboxylic acids is 1. The highest BCUT2D eigenvalue weighted by Gasteiger charge is 2.26. The molecule has 5 heteroatoms. The predicted octanol–water partition coefficient (Wildman–Crippen LogP) is 2.08. The van der Waals surface area contributed by atoms with Crippen LogP contribution in [0.2, 0.25) is 0 Å². The molecule has 1 aromatic heterocycles. The van der Waals surface area contributed by atoms with Gasteiger partial charge in [-0.15, -0.1) is 11.3 Å². The van der Waals surface area contributed by atoms with Gasteiger partial charge in [-0.05, 0) is 24.3 Å². The van der Waals surface area contributed by atoms with E-state index in [1.807, 2.05) is 17.5 Å². The van der Waals surface area contributed by atoms with E-state index in [0.717, 1.165) is 4.88 Å². The van der Waals surface area contributed by atoms with Crippen molar-refractivity contribution in [2.24, 2.45) is 5.92 Å². The fourth-order valence-electron chi connectivity index (χ4n) is 1.46. The molecule has 17 heavy (non-hydrogen) atoms. The summed E-state index contributed by atoms with van der Waals surface area (Å²) in [5.41, 5.74) is 0. The van der Waals surface area contributed by atoms with E-state index in [-0.39, 0.29) is 17.7 Å². The fraction of sp³-hybridized carbons (Fsp3) is 0.500. The summed E-state index contributed by atoms with van der Waals surface area (Å²) < 4.78 is 0. The summed E-state index contributed by atoms with van der Waals surface area (Å²) in [6.45, 7) is 5.32. The van der Waals surface area contributed by atoms with Gasteiger partial charge in [0.25, 0.3) is 0 Å². The van der Waals surface area contributed by atoms with Crippen molar-refractivity contribution in [1.82, 2.24) is 5.32 Å². The zero-order chi connectivity index (χ0) is 13.0. The number of carboxylic acid groups (broad SMARTS) is 1. The van der Waals surface area contributed by atoms with Crippen LogP contribution >= 0.6 is 11.3 Å². The highest BCUT2D eigenvalue weighted by molar-refractivity contribution is 7.10. The second-order valence-electron chi connectivity index (χ2n) is 4.31. The molecule has 0 unspecified atom stereocenters. The molecule has 2 N–H and O–H groups in total. The van der Waals surface area contributed by atoms with E-state index in [1.165, 1.54) is 11.3 Å². The number of carbonyl (C=O) groups is 2. The van der Waals surface area contributed by atoms with Gasteiger partial charge in [-0.1, -0.05) is 19.9 Å². The maximum absolute atomic E-state index is 11.9. The van der Waals surface area contributed by atoms with Crippen LogP contribution in [0.3, 0.4) is 0 Å². The molecule has 1 amide bonds. The SMILES string of the molecule is CC(C)[C@@H](NC(=O)[C@H](C)c1cccs1)C(=O)O. The zero-order valence-electron chi connectivity index (χ0n) is 10.1. The number of amides is 1. The molecule has 94 valence electrons. The summed E-state index contributed by atoms with van der Waals surface area (Å²) in [6.07, 6.45) is 0. The van der Waals surface area contributed by atoms with Crippen molar-refractivity contribution in [2.75, 3.05) is 0 Å². The summed E-state index contributed by atoms with van der Waals surface area (Å²) in [6, 6.07) is 2.92. The molecule has 0 bridgehead atoms. The summed E-state index contributed by atoms with van der Waals surface area (Å²) in [7, 11) is 0. The van der Waals surface area contributed by atoms with E-state index in [2.05, 4.69) is 5.32 Å². The lowest BCUT2D eigenvalue weighted by Gasteiger charge is -2.20. The zero-order valence-corrected chi connectivity index (χ0v) is 11.0. The molecule has 0 aromatic carbocycles. The van der Waals surface area contributed by atoms with Crippen LogP contribution in [0.15, 0.2) is 17.5 Å². The molecule has 0 radical (unpaired) electrons. The second kappa shape index (κ2) is 5.82. The Hall–Kier alpha value is -1.36. The van der Waals surface area contributed by atoms with Crippen LogP contribution in [0.25, 0.3) is 0 Å². The minimum Gasteiger partial charge on any atom is -0.480 e. The number of carbonyl (C=O) groups excluding carboxylic acids is 1. The molecule has 1 heterocycles. The lowest BCUT2D eigenvalue weighted by molar-refractivity contribution is -0.143. The van der Waals surface area contributed by atoms with Crippen molar-refractivity contribution in [1.29, 1.82) is 0 Å². The first-order valence-corrected chi connectivity index (χ1v) is 6.38. The number of rotatable bonds is 5. The molecule has 0 aliphatic rings. The third kappa shape index (κ3) is 3.56. The van der Waals surface area contributed by atoms with Gasteiger partial charge in [0, 0.05) is 4.88 Å². The Morgan fingerprint density at radius 3 is 2.41 bits per heavy atom. The van der Waals surface area contributed by atoms with Crippen molar-refractivity contribution >= 4 is 23.2 Å². The summed E-state index contributed by atoms with van der Waals surface area (Å²) in [5.74, 6) is -1.68. The minimum absolute atomic E-state index is 0.132. The third-order valence-electron chi connectivity index (χ3n) is 2.59. The second-order valence-corrected chi connectivity index (χ2v) is 5.28. The maximum Gasteiger partial charge on any atom is 0.326 e. The average molecular weight is 255 g/mol. The fourth-order valence-corrected chi connectivity index (χ4v) is 2.24. The van der Waals surface area contributed by atoms with Crippen LogP contribution < -0.4 is 5.32 Å². The topological polar surface area (TPSA) is 66.4 Å². The van der Waals surface area contributed by atoms with Gasteiger partial charge in [-0.3, -0.25) is 4.79 Å². The van der Waals surface area contributed by atoms with Crippen molar-refractivity contribution in [3.8, 4) is 0 Å². The Labute approximate surface area is 105 Å². The molecule has 2 atom stereocenters. The Morgan fingerprint density at radius 1 is 1.35 bits per heavy atom. The van der Waals surface area contributed by atoms with Gasteiger partial charge in [0.2, 0.25) is 5.91 Å². The summed E-state index contributed by atoms with van der Waals surface area (Å²) >= 11 is 1.49. The van der Waals surface area contributed by atoms with Gasteiger partial charge in [-0.2, -0.15) is 0 Å². The largest absolute Gasteiger partial charge is 0.480 e. The molecule has 0 saturated carbocycles. The molecular formula is C12H17NO3S. The molecule has 0 saturated heterocycles. The molecule has 0 spiro atoms. The van der Waals surface area contributed by atoms with Crippen LogP contribution in [0.5, 0.6) is 0 Å². The highest BCUT2D eigenvalue weighted by Crippen LogP contribution is 2.21. The number of hydrogen-bond donors (Lipinski definition) is 2. The van der Waals surface area contributed by atoms with Crippen molar-refractivity contribution < 1.29 is 14.7 Å². The number of carboxylic acids is 1. The molecule has 0 aliphatic heterocycles. The minimum atomic E-state index is -0.994. The van der Waals surface area contributed by atoms with Crippen LogP contribution in [0.4, 0.5) is 0 Å². The Kier molecular flexibility index (Phi) is 4.69. The average Bonchev–Trinajstić information content (AvgIpc) is 2.76. The first-order chi connectivity index (χ1) is 7.93. The molecular weight excluding hydrogens is 238 g/mol. The Bertz CT molecular complexity index is 386. The van der Waals surface area contributed by atoms with E-state index in [0.29, 0.717) is 0 Å². The highest BCUT2D eigenvalue weighted by atomic mass is 32.1. The quantitative estimate of drug-likeness (QED) is 0.846. The molecule has 4 nitrogen and oxygen atoms in total. The van der Waals surface area contributed by atoms with E-state index >= 15 is 0 Å². The van der Waals surface area contributed by atoms with Crippen LogP contribution in [-0.2, 0) is 9.59 Å². The number of thiophene rings is 1. The normalized spacial score (nSPS) is 14.4. The monoisotopic (exact) mass is 255 g/mol. The smallest absolute Gasteiger partial charge is 0.326 e. The molecule has 0 fully saturated rings. The lowest BCUT2D eigenvalue weighted by atomic mass is 10.0. The van der Waals surface area contributed by atoms with Crippen molar-refractivity contribution in [3.05, 3.63) is 22.4 Å². The summed E-state index contributed by atoms with van der Waals surface area (Å²) in [4.78, 5) is 23.8. The Balaban J connectivity index is 2.68. The van der Waals surface area contributed by atoms with E-state index in [4.69, 9.17) is 5.11 Å². The molecule has 1 aromatic rings. The molecule has 1 rings (SSSR count). The van der Waals surface area contributed by atoms with Gasteiger partial charge in [0.05, 0.1) is 5.92 Å². The third-order valence-corrected chi connectivity index (χ3v) is 3.65. The van der Waals surface area contributed by atoms with E-state index in [9.17, 15) is 9.59 Å². The first kappa shape index (κ1) is 13.7. The first-order valence-electron chi connectivity index (χ1n) is 5.50. The van der Waals surface area contributed by atoms with Crippen LogP contribution in [-0.4, -0.2) is 23.0 Å². The standard InChI is InChI=1S/C12H17NO3S/c1-7(2)10(12(15)16)13-11(14)8(3)9-5-4-6-17-9/h4-8,10H,1-3H3,(H,13,14)(H,15,16)/t8-,10-/m1/s1. The lowest BCUT2D eigenvalue weighted by Crippen LogP contribution is -2.45. The van der Waals surface area contributed by atoms with Crippen molar-refractivity contribution in [3.63, 3.8) is 0 Å². The maximum atomic E-state index is 11.9. The van der Waals surface area contributed by atoms with Gasteiger partial charge < -0.3 is 10.4 Å². The van der Waals surface area contributed by atoms with Crippen molar-refractivity contribution in [2.45, 2.75) is 32.7 Å². The van der Waals surface area contributed by atoms with E-state index < -0.39 is 12.0 Å². The van der Waals surface area contributed by atoms with Gasteiger partial charge in [-0.25, -0.2) is 4.79 Å². The summed E-state index contributed by atoms with van der Waals surface area (Å²) in [5, 5.41) is 13.5. The van der Waals surface area contributed by atoms with Gasteiger partial charge in [0.15, 0.2) is 0 Å². The van der Waals surface area contributed by atoms with E-state index in [1.54, 1.807) is 20.8 Å². The predicted molar refractivity (Wildman–Crippen MR) is 67.1 cm³/mol. The number of hydrogen-bond acceptors (Lipinski definition) is 3. The van der Waals surface area contributed by atoms with Crippen LogP contribution in [0, 0.1) is 5.92 Å². The van der Waals surface area contributed by atoms with Gasteiger partial charge >= 0.3 is 5.97 Å². The Morgan fingerprint density at radius 2 is 2.00 bits per heavy atom. The van der Waals surface area contributed by atoms with Crippen LogP contribution in [0.1, 0.15) is 31.6 Å². The molecule has 0 aliphatic carbocycles.